The van der Waals surface area contributed by atoms with Gasteiger partial charge in [0.15, 0.2) is 0 Å². The molecule has 1 aromatic carbocycles. The molecule has 1 aliphatic heterocycles. The van der Waals surface area contributed by atoms with E-state index in [0.717, 1.165) is 12.5 Å². The van der Waals surface area contributed by atoms with E-state index < -0.39 is 0 Å². The third kappa shape index (κ3) is 2.73. The highest BCUT2D eigenvalue weighted by molar-refractivity contribution is 5.15. The van der Waals surface area contributed by atoms with Crippen LogP contribution in [0.2, 0.25) is 0 Å². The van der Waals surface area contributed by atoms with E-state index in [1.807, 2.05) is 0 Å². The van der Waals surface area contributed by atoms with Crippen molar-refractivity contribution >= 4 is 0 Å². The molecular formula is C15H21N. The van der Waals surface area contributed by atoms with Crippen molar-refractivity contribution < 1.29 is 0 Å². The lowest BCUT2D eigenvalue weighted by atomic mass is 9.93. The fraction of sp³-hybridized carbons (Fsp3) is 0.467. The van der Waals surface area contributed by atoms with Crippen LogP contribution in [0.3, 0.4) is 0 Å². The molecule has 1 fully saturated rings. The minimum atomic E-state index is 0.725. The molecule has 1 heteroatoms. The average molecular weight is 215 g/mol. The molecule has 1 unspecified atom stereocenters. The fourth-order valence-corrected chi connectivity index (χ4v) is 2.54. The maximum absolute atomic E-state index is 2.56. The third-order valence-electron chi connectivity index (χ3n) is 3.50. The molecule has 0 aromatic heterocycles. The zero-order chi connectivity index (χ0) is 11.4. The van der Waals surface area contributed by atoms with E-state index in [9.17, 15) is 0 Å². The number of rotatable bonds is 2. The Kier molecular flexibility index (Phi) is 3.79. The highest BCUT2D eigenvalue weighted by Crippen LogP contribution is 2.23. The van der Waals surface area contributed by atoms with Crippen molar-refractivity contribution in [2.24, 2.45) is 5.92 Å². The number of likely N-dealkylation sites (tertiary alicyclic amines) is 1. The summed E-state index contributed by atoms with van der Waals surface area (Å²) in [6, 6.07) is 10.8. The highest BCUT2D eigenvalue weighted by Gasteiger charge is 2.19. The van der Waals surface area contributed by atoms with Crippen LogP contribution >= 0.6 is 0 Å². The van der Waals surface area contributed by atoms with Crippen LogP contribution in [0, 0.1) is 5.92 Å². The molecular weight excluding hydrogens is 194 g/mol. The molecule has 1 nitrogen and oxygen atoms in total. The number of hydrogen-bond acceptors (Lipinski definition) is 1. The molecule has 1 heterocycles. The number of piperidine rings is 1. The Morgan fingerprint density at radius 1 is 1.31 bits per heavy atom. The SMILES string of the molecule is C/C=C1\CCN(Cc2ccccc2)CC1C. The van der Waals surface area contributed by atoms with Gasteiger partial charge in [-0.25, -0.2) is 0 Å². The van der Waals surface area contributed by atoms with Crippen LogP contribution in [0.25, 0.3) is 0 Å². The molecule has 0 bridgehead atoms. The first-order valence-corrected chi connectivity index (χ1v) is 6.21. The molecule has 1 aromatic rings. The van der Waals surface area contributed by atoms with Gasteiger partial charge in [0, 0.05) is 19.6 Å². The van der Waals surface area contributed by atoms with E-state index in [-0.39, 0.29) is 0 Å². The zero-order valence-electron chi connectivity index (χ0n) is 10.3. The van der Waals surface area contributed by atoms with Crippen molar-refractivity contribution in [3.8, 4) is 0 Å². The minimum Gasteiger partial charge on any atom is -0.298 e. The smallest absolute Gasteiger partial charge is 0.0234 e. The van der Waals surface area contributed by atoms with Gasteiger partial charge >= 0.3 is 0 Å². The second kappa shape index (κ2) is 5.31. The van der Waals surface area contributed by atoms with Gasteiger partial charge in [0.1, 0.15) is 0 Å². The van der Waals surface area contributed by atoms with Crippen molar-refractivity contribution in [2.45, 2.75) is 26.8 Å². The summed E-state index contributed by atoms with van der Waals surface area (Å²) in [4.78, 5) is 2.56. The van der Waals surface area contributed by atoms with Crippen LogP contribution in [0.4, 0.5) is 0 Å². The van der Waals surface area contributed by atoms with Crippen molar-refractivity contribution in [3.63, 3.8) is 0 Å². The van der Waals surface area contributed by atoms with Crippen molar-refractivity contribution in [1.29, 1.82) is 0 Å². The van der Waals surface area contributed by atoms with Crippen LogP contribution in [-0.2, 0) is 6.54 Å². The van der Waals surface area contributed by atoms with Gasteiger partial charge < -0.3 is 0 Å². The van der Waals surface area contributed by atoms with Crippen LogP contribution in [0.1, 0.15) is 25.8 Å². The maximum atomic E-state index is 2.56. The van der Waals surface area contributed by atoms with E-state index in [1.54, 1.807) is 5.57 Å². The molecule has 86 valence electrons. The molecule has 1 aliphatic rings. The molecule has 1 atom stereocenters. The summed E-state index contributed by atoms with van der Waals surface area (Å²) in [6.45, 7) is 8.01. The normalized spacial score (nSPS) is 24.9. The second-order valence-electron chi connectivity index (χ2n) is 4.74. The molecule has 0 amide bonds. The summed E-state index contributed by atoms with van der Waals surface area (Å²) in [5.74, 6) is 0.725. The molecule has 2 rings (SSSR count). The summed E-state index contributed by atoms with van der Waals surface area (Å²) in [6.07, 6.45) is 3.54. The minimum absolute atomic E-state index is 0.725. The second-order valence-corrected chi connectivity index (χ2v) is 4.74. The summed E-state index contributed by atoms with van der Waals surface area (Å²) in [5.41, 5.74) is 3.06. The van der Waals surface area contributed by atoms with Gasteiger partial charge in [-0.2, -0.15) is 0 Å². The summed E-state index contributed by atoms with van der Waals surface area (Å²) < 4.78 is 0. The van der Waals surface area contributed by atoms with Gasteiger partial charge in [-0.05, 0) is 24.8 Å². The van der Waals surface area contributed by atoms with Crippen LogP contribution in [0.15, 0.2) is 42.0 Å². The Bertz CT molecular complexity index is 353. The topological polar surface area (TPSA) is 3.24 Å². The Balaban J connectivity index is 1.94. The molecule has 0 spiro atoms. The van der Waals surface area contributed by atoms with Crippen LogP contribution in [0.5, 0.6) is 0 Å². The fourth-order valence-electron chi connectivity index (χ4n) is 2.54. The number of benzene rings is 1. The highest BCUT2D eigenvalue weighted by atomic mass is 15.1. The Labute approximate surface area is 98.8 Å². The average Bonchev–Trinajstić information content (AvgIpc) is 2.31. The number of nitrogens with zero attached hydrogens (tertiary/aromatic N) is 1. The molecule has 0 aliphatic carbocycles. The van der Waals surface area contributed by atoms with Gasteiger partial charge in [0.2, 0.25) is 0 Å². The molecule has 0 saturated carbocycles. The van der Waals surface area contributed by atoms with Crippen molar-refractivity contribution in [1.82, 2.24) is 4.90 Å². The molecule has 0 radical (unpaired) electrons. The third-order valence-corrected chi connectivity index (χ3v) is 3.50. The lowest BCUT2D eigenvalue weighted by molar-refractivity contribution is 0.213. The Morgan fingerprint density at radius 3 is 2.69 bits per heavy atom. The first-order valence-electron chi connectivity index (χ1n) is 6.21. The van der Waals surface area contributed by atoms with E-state index in [0.29, 0.717) is 0 Å². The van der Waals surface area contributed by atoms with Crippen molar-refractivity contribution in [3.05, 3.63) is 47.5 Å². The quantitative estimate of drug-likeness (QED) is 0.683. The van der Waals surface area contributed by atoms with Crippen molar-refractivity contribution in [2.75, 3.05) is 13.1 Å². The first kappa shape index (κ1) is 11.4. The number of allylic oxidation sites excluding steroid dienone is 1. The van der Waals surface area contributed by atoms with E-state index >= 15 is 0 Å². The van der Waals surface area contributed by atoms with Crippen LogP contribution < -0.4 is 0 Å². The van der Waals surface area contributed by atoms with Crippen LogP contribution in [-0.4, -0.2) is 18.0 Å². The van der Waals surface area contributed by atoms with Gasteiger partial charge in [-0.15, -0.1) is 0 Å². The summed E-state index contributed by atoms with van der Waals surface area (Å²) >= 11 is 0. The number of hydrogen-bond donors (Lipinski definition) is 0. The predicted molar refractivity (Wildman–Crippen MR) is 69.3 cm³/mol. The zero-order valence-corrected chi connectivity index (χ0v) is 10.3. The standard InChI is InChI=1S/C15H21N/c1-3-15-9-10-16(11-13(15)2)12-14-7-5-4-6-8-14/h3-8,13H,9-12H2,1-2H3/b15-3+. The van der Waals surface area contributed by atoms with E-state index in [4.69, 9.17) is 0 Å². The first-order chi connectivity index (χ1) is 7.79. The molecule has 16 heavy (non-hydrogen) atoms. The Morgan fingerprint density at radius 2 is 2.06 bits per heavy atom. The van der Waals surface area contributed by atoms with E-state index in [1.165, 1.54) is 25.1 Å². The lowest BCUT2D eigenvalue weighted by Crippen LogP contribution is -2.35. The molecule has 1 saturated heterocycles. The predicted octanol–water partition coefficient (Wildman–Crippen LogP) is 3.47. The summed E-state index contributed by atoms with van der Waals surface area (Å²) in [5, 5.41) is 0. The molecule has 0 N–H and O–H groups in total. The summed E-state index contributed by atoms with van der Waals surface area (Å²) in [7, 11) is 0. The van der Waals surface area contributed by atoms with Gasteiger partial charge in [0.25, 0.3) is 0 Å². The van der Waals surface area contributed by atoms with E-state index in [2.05, 4.69) is 55.2 Å². The van der Waals surface area contributed by atoms with Gasteiger partial charge in [0.05, 0.1) is 0 Å². The largest absolute Gasteiger partial charge is 0.298 e. The Hall–Kier alpha value is -1.08. The van der Waals surface area contributed by atoms with Gasteiger partial charge in [-0.1, -0.05) is 48.9 Å². The monoisotopic (exact) mass is 215 g/mol. The van der Waals surface area contributed by atoms with Gasteiger partial charge in [-0.3, -0.25) is 4.90 Å². The lowest BCUT2D eigenvalue weighted by Gasteiger charge is -2.33. The maximum Gasteiger partial charge on any atom is 0.0234 e.